The molecule has 7 heteroatoms. The van der Waals surface area contributed by atoms with E-state index in [1.54, 1.807) is 24.3 Å². The predicted molar refractivity (Wildman–Crippen MR) is 55.6 cm³/mol. The maximum atomic E-state index is 11.2. The molecule has 0 unspecified atom stereocenters. The molecule has 0 atom stereocenters. The fourth-order valence-electron chi connectivity index (χ4n) is 1.24. The molecule has 0 saturated carbocycles. The summed E-state index contributed by atoms with van der Waals surface area (Å²) in [6.07, 6.45) is 2.62. The van der Waals surface area contributed by atoms with Crippen LogP contribution in [-0.2, 0) is 19.4 Å². The van der Waals surface area contributed by atoms with Gasteiger partial charge in [-0.05, 0) is 12.2 Å². The Labute approximate surface area is 122 Å². The number of benzene rings is 1. The van der Waals surface area contributed by atoms with E-state index >= 15 is 0 Å². The Hall–Kier alpha value is -0.790. The molecule has 1 aromatic rings. The third-order valence-electron chi connectivity index (χ3n) is 1.84. The number of carbonyl (C=O) groups excluding carboxylic acids is 2. The second-order valence-corrected chi connectivity index (χ2v) is 3.26. The first kappa shape index (κ1) is 16.2. The number of fused-ring (bicyclic) bond motifs is 1. The fourth-order valence-corrected chi connectivity index (χ4v) is 1.24. The van der Waals surface area contributed by atoms with Gasteiger partial charge in [-0.2, -0.15) is 0 Å². The molecule has 0 spiro atoms. The van der Waals surface area contributed by atoms with Crippen LogP contribution >= 0.6 is 0 Å². The number of allylic oxidation sites excluding steroid dienone is 2. The number of carbonyl (C=O) groups is 2. The Morgan fingerprint density at radius 3 is 1.47 bits per heavy atom. The molecule has 0 amide bonds. The van der Waals surface area contributed by atoms with Gasteiger partial charge in [0.15, 0.2) is 11.6 Å². The van der Waals surface area contributed by atoms with Crippen LogP contribution in [0.15, 0.2) is 36.4 Å². The molecule has 5 nitrogen and oxygen atoms in total. The average molecular weight is 262 g/mol. The molecule has 0 aliphatic heterocycles. The zero-order chi connectivity index (χ0) is 12.1. The van der Waals surface area contributed by atoms with E-state index in [4.69, 9.17) is 13.0 Å². The van der Waals surface area contributed by atoms with E-state index in [1.165, 1.54) is 12.2 Å². The number of hydrogen-bond acceptors (Lipinski definition) is 5. The molecule has 0 fully saturated rings. The zero-order valence-electron chi connectivity index (χ0n) is 8.95. The van der Waals surface area contributed by atoms with Crippen molar-refractivity contribution < 1.29 is 52.1 Å². The van der Waals surface area contributed by atoms with Crippen molar-refractivity contribution in [2.45, 2.75) is 0 Å². The van der Waals surface area contributed by atoms with Gasteiger partial charge in [-0.3, -0.25) is 9.59 Å². The standard InChI is InChI=1S/C10H6O2.Na.HO3S/c11-9-5-6-10(12)8-4-2-1-3-7(8)9;;1-4(2)3/h1-6H;;(H,1,2,3)/q;+1;-1. The van der Waals surface area contributed by atoms with Gasteiger partial charge >= 0.3 is 29.6 Å². The van der Waals surface area contributed by atoms with Gasteiger partial charge in [-0.1, -0.05) is 24.3 Å². The van der Waals surface area contributed by atoms with Crippen LogP contribution in [0, 0.1) is 0 Å². The van der Waals surface area contributed by atoms with E-state index in [0.717, 1.165) is 0 Å². The van der Waals surface area contributed by atoms with Gasteiger partial charge in [0, 0.05) is 22.1 Å². The second-order valence-electron chi connectivity index (χ2n) is 2.82. The number of hydrogen-bond donors (Lipinski definition) is 1. The maximum Gasteiger partial charge on any atom is 1.00 e. The molecule has 84 valence electrons. The van der Waals surface area contributed by atoms with Crippen molar-refractivity contribution in [3.8, 4) is 0 Å². The second kappa shape index (κ2) is 7.52. The first-order valence-corrected chi connectivity index (χ1v) is 5.19. The topological polar surface area (TPSA) is 88.5 Å². The molecule has 0 heterocycles. The first-order chi connectivity index (χ1) is 7.52. The summed E-state index contributed by atoms with van der Waals surface area (Å²) in [4.78, 5) is 22.4. The minimum absolute atomic E-state index is 0. The SMILES string of the molecule is O=C1C=CC(=O)c2ccccc21.O=[S-](=O)O.[Na+]. The molecule has 1 aliphatic rings. The van der Waals surface area contributed by atoms with Crippen LogP contribution in [0.2, 0.25) is 0 Å². The van der Waals surface area contributed by atoms with Crippen LogP contribution in [0.4, 0.5) is 0 Å². The Bertz CT molecular complexity index is 488. The molecule has 2 rings (SSSR count). The van der Waals surface area contributed by atoms with E-state index in [9.17, 15) is 9.59 Å². The van der Waals surface area contributed by atoms with E-state index in [1.807, 2.05) is 0 Å². The van der Waals surface area contributed by atoms with Gasteiger partial charge in [-0.25, -0.2) is 0 Å². The molecule has 1 aromatic carbocycles. The van der Waals surface area contributed by atoms with Crippen LogP contribution in [-0.4, -0.2) is 16.1 Å². The zero-order valence-corrected chi connectivity index (χ0v) is 11.8. The van der Waals surface area contributed by atoms with Crippen LogP contribution in [0.25, 0.3) is 0 Å². The third-order valence-corrected chi connectivity index (χ3v) is 1.84. The van der Waals surface area contributed by atoms with Crippen LogP contribution in [0.1, 0.15) is 20.7 Å². The van der Waals surface area contributed by atoms with Gasteiger partial charge in [0.2, 0.25) is 0 Å². The number of ketones is 2. The summed E-state index contributed by atoms with van der Waals surface area (Å²) in [6, 6.07) is 6.84. The Kier molecular flexibility index (Phi) is 7.17. The summed E-state index contributed by atoms with van der Waals surface area (Å²) in [5.74, 6) is -0.185. The predicted octanol–water partition coefficient (Wildman–Crippen LogP) is -1.61. The van der Waals surface area contributed by atoms with Crippen molar-refractivity contribution in [3.05, 3.63) is 47.5 Å². The van der Waals surface area contributed by atoms with E-state index in [2.05, 4.69) is 0 Å². The quantitative estimate of drug-likeness (QED) is 0.263. The Morgan fingerprint density at radius 1 is 0.882 bits per heavy atom. The van der Waals surface area contributed by atoms with Crippen molar-refractivity contribution in [3.63, 3.8) is 0 Å². The molecule has 0 aromatic heterocycles. The van der Waals surface area contributed by atoms with Crippen molar-refractivity contribution >= 4 is 22.6 Å². The van der Waals surface area contributed by atoms with Crippen LogP contribution in [0.5, 0.6) is 0 Å². The minimum atomic E-state index is -2.86. The fraction of sp³-hybridized carbons (Fsp3) is 0. The average Bonchev–Trinajstić information content (AvgIpc) is 2.23. The molecule has 0 radical (unpaired) electrons. The normalized spacial score (nSPS) is 12.4. The maximum absolute atomic E-state index is 11.2. The summed E-state index contributed by atoms with van der Waals surface area (Å²) in [6.45, 7) is 0. The third kappa shape index (κ3) is 4.93. The molecule has 17 heavy (non-hydrogen) atoms. The Balaban J connectivity index is 0.000000453. The number of rotatable bonds is 0. The summed E-state index contributed by atoms with van der Waals surface area (Å²) in [5, 5.41) is 0. The van der Waals surface area contributed by atoms with E-state index in [0.29, 0.717) is 11.1 Å². The summed E-state index contributed by atoms with van der Waals surface area (Å²) >= 11 is 0. The van der Waals surface area contributed by atoms with Crippen molar-refractivity contribution in [2.75, 3.05) is 0 Å². The summed E-state index contributed by atoms with van der Waals surface area (Å²) < 4.78 is 24.1. The molecule has 0 saturated heterocycles. The van der Waals surface area contributed by atoms with Gasteiger partial charge in [0.05, 0.1) is 0 Å². The van der Waals surface area contributed by atoms with Gasteiger partial charge < -0.3 is 13.0 Å². The van der Waals surface area contributed by atoms with Gasteiger partial charge in [0.25, 0.3) is 0 Å². The van der Waals surface area contributed by atoms with Crippen molar-refractivity contribution in [2.24, 2.45) is 0 Å². The molecular weight excluding hydrogens is 255 g/mol. The largest absolute Gasteiger partial charge is 1.00 e. The summed E-state index contributed by atoms with van der Waals surface area (Å²) in [7, 11) is -2.86. The monoisotopic (exact) mass is 262 g/mol. The van der Waals surface area contributed by atoms with Crippen molar-refractivity contribution in [1.29, 1.82) is 0 Å². The smallest absolute Gasteiger partial charge is 0.439 e. The first-order valence-electron chi connectivity index (χ1n) is 4.16. The van der Waals surface area contributed by atoms with E-state index in [-0.39, 0.29) is 41.1 Å². The van der Waals surface area contributed by atoms with Gasteiger partial charge in [0.1, 0.15) is 0 Å². The molecule has 1 aliphatic carbocycles. The molecule has 0 bridgehead atoms. The Morgan fingerprint density at radius 2 is 1.18 bits per heavy atom. The summed E-state index contributed by atoms with van der Waals surface area (Å²) in [5.41, 5.74) is 1.01. The minimum Gasteiger partial charge on any atom is -0.439 e. The van der Waals surface area contributed by atoms with E-state index < -0.39 is 11.0 Å². The molecule has 1 N–H and O–H groups in total. The van der Waals surface area contributed by atoms with Crippen molar-refractivity contribution in [1.82, 2.24) is 0 Å². The van der Waals surface area contributed by atoms with Crippen LogP contribution in [0.3, 0.4) is 0 Å². The van der Waals surface area contributed by atoms with Gasteiger partial charge in [-0.15, -0.1) is 0 Å². The van der Waals surface area contributed by atoms with Crippen LogP contribution < -0.4 is 29.6 Å². The molecular formula is C10H7NaO5S.